The maximum atomic E-state index is 13.6. The summed E-state index contributed by atoms with van der Waals surface area (Å²) < 4.78 is 15.3. The molecule has 5 rings (SSSR count). The van der Waals surface area contributed by atoms with Crippen molar-refractivity contribution in [2.75, 3.05) is 0 Å². The second-order valence-corrected chi connectivity index (χ2v) is 6.90. The molecule has 0 saturated carbocycles. The molecule has 4 heterocycles. The van der Waals surface area contributed by atoms with Crippen molar-refractivity contribution in [1.29, 1.82) is 5.26 Å². The number of nitrogens with one attached hydrogen (secondary N) is 2. The lowest BCUT2D eigenvalue weighted by atomic mass is 10.1. The molecule has 0 spiro atoms. The first-order valence-corrected chi connectivity index (χ1v) is 9.18. The quantitative estimate of drug-likeness (QED) is 0.481. The average Bonchev–Trinajstić information content (AvgIpc) is 3.47. The highest BCUT2D eigenvalue weighted by Gasteiger charge is 2.14. The van der Waals surface area contributed by atoms with Crippen molar-refractivity contribution < 1.29 is 4.39 Å². The van der Waals surface area contributed by atoms with Crippen molar-refractivity contribution in [3.8, 4) is 28.5 Å². The first-order valence-electron chi connectivity index (χ1n) is 9.18. The van der Waals surface area contributed by atoms with Gasteiger partial charge in [0.1, 0.15) is 11.3 Å². The topological polar surface area (TPSA) is 112 Å². The van der Waals surface area contributed by atoms with E-state index in [9.17, 15) is 9.65 Å². The number of aromatic amines is 2. The standard InChI is InChI=1S/C21H15FN8/c1-12-17(8-26-29-12)19-9-25-21-20(28-19)18(7-24-21)15-6-27-30(11-15)10-14-4-16(22)3-2-13(14)5-23/h2-4,6-9,11H,10H2,1H3,(H,24,25)(H,26,29). The van der Waals surface area contributed by atoms with Gasteiger partial charge >= 0.3 is 0 Å². The molecule has 4 aromatic heterocycles. The molecule has 5 aromatic rings. The number of halogens is 1. The molecule has 0 saturated heterocycles. The largest absolute Gasteiger partial charge is 0.344 e. The van der Waals surface area contributed by atoms with Gasteiger partial charge in [0, 0.05) is 34.8 Å². The number of benzene rings is 1. The molecule has 146 valence electrons. The van der Waals surface area contributed by atoms with Gasteiger partial charge in [-0.2, -0.15) is 15.5 Å². The van der Waals surface area contributed by atoms with E-state index in [1.807, 2.05) is 19.3 Å². The van der Waals surface area contributed by atoms with E-state index in [0.717, 1.165) is 33.6 Å². The van der Waals surface area contributed by atoms with Gasteiger partial charge in [0.15, 0.2) is 5.65 Å². The average molecular weight is 398 g/mol. The monoisotopic (exact) mass is 398 g/mol. The maximum absolute atomic E-state index is 13.6. The Balaban J connectivity index is 1.51. The number of aryl methyl sites for hydroxylation is 1. The number of hydrogen-bond acceptors (Lipinski definition) is 5. The molecule has 0 unspecified atom stereocenters. The summed E-state index contributed by atoms with van der Waals surface area (Å²) in [6.07, 6.45) is 8.82. The molecule has 0 bridgehead atoms. The van der Waals surface area contributed by atoms with E-state index in [2.05, 4.69) is 31.3 Å². The summed E-state index contributed by atoms with van der Waals surface area (Å²) in [6, 6.07) is 6.20. The predicted octanol–water partition coefficient (Wildman–Crippen LogP) is 3.58. The Hall–Kier alpha value is -4.32. The molecule has 0 aliphatic heterocycles. The van der Waals surface area contributed by atoms with Crippen LogP contribution in [0.3, 0.4) is 0 Å². The van der Waals surface area contributed by atoms with Gasteiger partial charge in [-0.3, -0.25) is 9.78 Å². The van der Waals surface area contributed by atoms with E-state index in [1.165, 1.54) is 18.2 Å². The van der Waals surface area contributed by atoms with E-state index in [4.69, 9.17) is 4.98 Å². The van der Waals surface area contributed by atoms with Crippen LogP contribution in [0.5, 0.6) is 0 Å². The fourth-order valence-electron chi connectivity index (χ4n) is 3.42. The van der Waals surface area contributed by atoms with Crippen LogP contribution in [0.4, 0.5) is 4.39 Å². The minimum absolute atomic E-state index is 0.286. The zero-order valence-corrected chi connectivity index (χ0v) is 15.9. The van der Waals surface area contributed by atoms with E-state index in [1.54, 1.807) is 23.3 Å². The second-order valence-electron chi connectivity index (χ2n) is 6.90. The van der Waals surface area contributed by atoms with E-state index >= 15 is 0 Å². The van der Waals surface area contributed by atoms with Crippen LogP contribution in [0.2, 0.25) is 0 Å². The Bertz CT molecular complexity index is 1420. The number of H-pyrrole nitrogens is 2. The summed E-state index contributed by atoms with van der Waals surface area (Å²) in [4.78, 5) is 12.4. The zero-order chi connectivity index (χ0) is 20.7. The molecule has 0 aliphatic rings. The first kappa shape index (κ1) is 17.8. The minimum atomic E-state index is -0.384. The summed E-state index contributed by atoms with van der Waals surface area (Å²) in [5, 5.41) is 20.6. The lowest BCUT2D eigenvalue weighted by molar-refractivity contribution is 0.618. The molecule has 0 amide bonds. The van der Waals surface area contributed by atoms with Gasteiger partial charge in [-0.05, 0) is 30.7 Å². The third-order valence-electron chi connectivity index (χ3n) is 4.95. The van der Waals surface area contributed by atoms with Crippen molar-refractivity contribution in [3.63, 3.8) is 0 Å². The number of aromatic nitrogens is 7. The third kappa shape index (κ3) is 3.00. The summed E-state index contributed by atoms with van der Waals surface area (Å²) in [7, 11) is 0. The van der Waals surface area contributed by atoms with Crippen molar-refractivity contribution in [1.82, 2.24) is 34.9 Å². The molecule has 0 aliphatic carbocycles. The molecule has 2 N–H and O–H groups in total. The molecule has 0 atom stereocenters. The van der Waals surface area contributed by atoms with E-state index in [-0.39, 0.29) is 12.4 Å². The molecule has 30 heavy (non-hydrogen) atoms. The number of nitriles is 1. The van der Waals surface area contributed by atoms with E-state index in [0.29, 0.717) is 16.8 Å². The summed E-state index contributed by atoms with van der Waals surface area (Å²) in [5.74, 6) is -0.384. The van der Waals surface area contributed by atoms with Crippen molar-refractivity contribution in [3.05, 3.63) is 71.8 Å². The smallest absolute Gasteiger partial charge is 0.156 e. The van der Waals surface area contributed by atoms with Gasteiger partial charge < -0.3 is 4.98 Å². The number of rotatable bonds is 4. The van der Waals surface area contributed by atoms with E-state index < -0.39 is 0 Å². The van der Waals surface area contributed by atoms with Crippen LogP contribution in [0.1, 0.15) is 16.8 Å². The van der Waals surface area contributed by atoms with Crippen LogP contribution in [0.15, 0.2) is 49.2 Å². The fourth-order valence-corrected chi connectivity index (χ4v) is 3.42. The zero-order valence-electron chi connectivity index (χ0n) is 15.9. The lowest BCUT2D eigenvalue weighted by Gasteiger charge is -2.04. The Labute approximate surface area is 170 Å². The maximum Gasteiger partial charge on any atom is 0.156 e. The van der Waals surface area contributed by atoms with Crippen LogP contribution in [-0.2, 0) is 6.54 Å². The SMILES string of the molecule is Cc1[nH]ncc1-c1cnc2[nH]cc(-c3cnn(Cc4cc(F)ccc4C#N)c3)c2n1. The lowest BCUT2D eigenvalue weighted by Crippen LogP contribution is -2.02. The Kier molecular flexibility index (Phi) is 4.10. The van der Waals surface area contributed by atoms with Gasteiger partial charge in [0.25, 0.3) is 0 Å². The van der Waals surface area contributed by atoms with Gasteiger partial charge in [0.2, 0.25) is 0 Å². The normalized spacial score (nSPS) is 11.1. The minimum Gasteiger partial charge on any atom is -0.344 e. The molecule has 0 fully saturated rings. The highest BCUT2D eigenvalue weighted by molar-refractivity contribution is 5.91. The Morgan fingerprint density at radius 1 is 1.20 bits per heavy atom. The van der Waals surface area contributed by atoms with Gasteiger partial charge in [0.05, 0.1) is 42.5 Å². The molecule has 8 nitrogen and oxygen atoms in total. The summed E-state index contributed by atoms with van der Waals surface area (Å²) in [6.45, 7) is 2.21. The molecule has 0 radical (unpaired) electrons. The molecule has 1 aromatic carbocycles. The highest BCUT2D eigenvalue weighted by atomic mass is 19.1. The Morgan fingerprint density at radius 2 is 2.10 bits per heavy atom. The highest BCUT2D eigenvalue weighted by Crippen LogP contribution is 2.28. The molecule has 9 heteroatoms. The predicted molar refractivity (Wildman–Crippen MR) is 108 cm³/mol. The molecular formula is C21H15FN8. The fraction of sp³-hybridized carbons (Fsp3) is 0.0952. The number of fused-ring (bicyclic) bond motifs is 1. The third-order valence-corrected chi connectivity index (χ3v) is 4.95. The van der Waals surface area contributed by atoms with Crippen molar-refractivity contribution in [2.24, 2.45) is 0 Å². The summed E-state index contributed by atoms with van der Waals surface area (Å²) in [5.41, 5.74) is 6.60. The van der Waals surface area contributed by atoms with Crippen LogP contribution >= 0.6 is 0 Å². The van der Waals surface area contributed by atoms with Crippen LogP contribution < -0.4 is 0 Å². The van der Waals surface area contributed by atoms with Crippen LogP contribution in [0, 0.1) is 24.1 Å². The number of hydrogen-bond donors (Lipinski definition) is 2. The van der Waals surface area contributed by atoms with Gasteiger partial charge in [-0.15, -0.1) is 0 Å². The summed E-state index contributed by atoms with van der Waals surface area (Å²) >= 11 is 0. The van der Waals surface area contributed by atoms with Gasteiger partial charge in [-0.25, -0.2) is 14.4 Å². The first-order chi connectivity index (χ1) is 14.6. The Morgan fingerprint density at radius 3 is 2.90 bits per heavy atom. The van der Waals surface area contributed by atoms with Gasteiger partial charge in [-0.1, -0.05) is 0 Å². The number of nitrogens with zero attached hydrogens (tertiary/aromatic N) is 6. The van der Waals surface area contributed by atoms with Crippen molar-refractivity contribution >= 4 is 11.2 Å². The van der Waals surface area contributed by atoms with Crippen LogP contribution in [0.25, 0.3) is 33.5 Å². The van der Waals surface area contributed by atoms with Crippen LogP contribution in [-0.4, -0.2) is 34.9 Å². The molecular weight excluding hydrogens is 383 g/mol. The second kappa shape index (κ2) is 6.93. The van der Waals surface area contributed by atoms with Crippen molar-refractivity contribution in [2.45, 2.75) is 13.5 Å².